The molecule has 4 rings (SSSR count). The van der Waals surface area contributed by atoms with E-state index >= 15 is 0 Å². The van der Waals surface area contributed by atoms with Crippen LogP contribution in [-0.2, 0) is 9.59 Å². The predicted octanol–water partition coefficient (Wildman–Crippen LogP) is 3.06. The van der Waals surface area contributed by atoms with Gasteiger partial charge in [0.15, 0.2) is 6.61 Å². The van der Waals surface area contributed by atoms with Gasteiger partial charge in [-0.05, 0) is 23.6 Å². The number of benzene rings is 3. The first kappa shape index (κ1) is 21.5. The summed E-state index contributed by atoms with van der Waals surface area (Å²) in [6.45, 7) is 2.13. The lowest BCUT2D eigenvalue weighted by molar-refractivity contribution is -0.141. The third kappa shape index (κ3) is 5.29. The molecule has 7 heteroatoms. The maximum atomic E-state index is 12.6. The highest BCUT2D eigenvalue weighted by Crippen LogP contribution is 2.25. The molecule has 1 N–H and O–H groups in total. The van der Waals surface area contributed by atoms with Gasteiger partial charge in [-0.3, -0.25) is 9.59 Å². The zero-order valence-corrected chi connectivity index (χ0v) is 17.8. The number of carbonyl (C=O) groups excluding carboxylic acids is 2. The van der Waals surface area contributed by atoms with Crippen LogP contribution >= 0.6 is 0 Å². The number of phenols is 1. The number of rotatable bonds is 7. The highest BCUT2D eigenvalue weighted by Gasteiger charge is 2.24. The Balaban J connectivity index is 1.20. The summed E-state index contributed by atoms with van der Waals surface area (Å²) in [4.78, 5) is 28.4. The van der Waals surface area contributed by atoms with E-state index in [0.29, 0.717) is 38.5 Å². The van der Waals surface area contributed by atoms with Crippen LogP contribution in [0.2, 0.25) is 0 Å². The van der Waals surface area contributed by atoms with E-state index < -0.39 is 0 Å². The second kappa shape index (κ2) is 10.0. The van der Waals surface area contributed by atoms with Crippen molar-refractivity contribution in [2.45, 2.75) is 6.42 Å². The second-order valence-electron chi connectivity index (χ2n) is 7.62. The van der Waals surface area contributed by atoms with Crippen molar-refractivity contribution in [1.29, 1.82) is 0 Å². The molecule has 0 bridgehead atoms. The van der Waals surface area contributed by atoms with Gasteiger partial charge in [-0.2, -0.15) is 0 Å². The summed E-state index contributed by atoms with van der Waals surface area (Å²) in [6, 6.07) is 20.2. The van der Waals surface area contributed by atoms with Crippen LogP contribution in [0.25, 0.3) is 10.8 Å². The summed E-state index contributed by atoms with van der Waals surface area (Å²) >= 11 is 0. The molecule has 3 aromatic rings. The second-order valence-corrected chi connectivity index (χ2v) is 7.62. The van der Waals surface area contributed by atoms with E-state index in [9.17, 15) is 14.7 Å². The number of hydrogen-bond acceptors (Lipinski definition) is 5. The summed E-state index contributed by atoms with van der Waals surface area (Å²) < 4.78 is 11.3. The van der Waals surface area contributed by atoms with Gasteiger partial charge in [-0.15, -0.1) is 0 Å². The first-order chi connectivity index (χ1) is 15.6. The number of amides is 2. The largest absolute Gasteiger partial charge is 0.508 e. The molecule has 0 saturated carbocycles. The number of nitrogens with zero attached hydrogens (tertiary/aromatic N) is 2. The van der Waals surface area contributed by atoms with Crippen molar-refractivity contribution >= 4 is 22.6 Å². The Bertz CT molecular complexity index is 1090. The smallest absolute Gasteiger partial charge is 0.260 e. The van der Waals surface area contributed by atoms with Crippen molar-refractivity contribution in [1.82, 2.24) is 9.80 Å². The molecule has 0 spiro atoms. The number of phenolic OH excluding ortho intramolecular Hbond substituents is 1. The maximum absolute atomic E-state index is 12.6. The number of aromatic hydroxyl groups is 1. The Labute approximate surface area is 186 Å². The molecule has 32 heavy (non-hydrogen) atoms. The van der Waals surface area contributed by atoms with Gasteiger partial charge in [0.05, 0.1) is 13.0 Å². The molecule has 0 aliphatic carbocycles. The Morgan fingerprint density at radius 2 is 1.50 bits per heavy atom. The van der Waals surface area contributed by atoms with E-state index in [2.05, 4.69) is 0 Å². The van der Waals surface area contributed by atoms with E-state index in [1.165, 1.54) is 12.1 Å². The summed E-state index contributed by atoms with van der Waals surface area (Å²) in [7, 11) is 0. The van der Waals surface area contributed by atoms with Gasteiger partial charge in [0, 0.05) is 37.6 Å². The normalized spacial score (nSPS) is 13.8. The van der Waals surface area contributed by atoms with E-state index in [1.54, 1.807) is 21.9 Å². The fourth-order valence-electron chi connectivity index (χ4n) is 3.74. The first-order valence-electron chi connectivity index (χ1n) is 10.7. The molecular formula is C25H26N2O5. The van der Waals surface area contributed by atoms with Crippen LogP contribution in [0.4, 0.5) is 0 Å². The Hall–Kier alpha value is -3.74. The van der Waals surface area contributed by atoms with Crippen LogP contribution in [0.3, 0.4) is 0 Å². The first-order valence-corrected chi connectivity index (χ1v) is 10.7. The zero-order chi connectivity index (χ0) is 22.3. The highest BCUT2D eigenvalue weighted by atomic mass is 16.5. The summed E-state index contributed by atoms with van der Waals surface area (Å²) in [6.07, 6.45) is 0.289. The molecule has 2 amide bonds. The van der Waals surface area contributed by atoms with Crippen molar-refractivity contribution in [2.75, 3.05) is 39.4 Å². The van der Waals surface area contributed by atoms with E-state index in [0.717, 1.165) is 16.5 Å². The fourth-order valence-corrected chi connectivity index (χ4v) is 3.74. The molecule has 0 unspecified atom stereocenters. The molecule has 3 aromatic carbocycles. The SMILES string of the molecule is O=C(CCOc1cccc2ccccc12)N1CCN(C(=O)COc2cccc(O)c2)CC1. The minimum atomic E-state index is -0.139. The average Bonchev–Trinajstić information content (AvgIpc) is 2.83. The molecule has 1 aliphatic heterocycles. The minimum Gasteiger partial charge on any atom is -0.508 e. The van der Waals surface area contributed by atoms with Gasteiger partial charge >= 0.3 is 0 Å². The number of hydrogen-bond donors (Lipinski definition) is 1. The molecule has 1 aliphatic rings. The van der Waals surface area contributed by atoms with Crippen LogP contribution in [0.5, 0.6) is 17.2 Å². The lowest BCUT2D eigenvalue weighted by Gasteiger charge is -2.34. The molecular weight excluding hydrogens is 408 g/mol. The lowest BCUT2D eigenvalue weighted by atomic mass is 10.1. The van der Waals surface area contributed by atoms with Crippen molar-refractivity contribution in [3.05, 3.63) is 66.7 Å². The van der Waals surface area contributed by atoms with Crippen molar-refractivity contribution in [3.8, 4) is 17.2 Å². The monoisotopic (exact) mass is 434 g/mol. The van der Waals surface area contributed by atoms with Crippen LogP contribution in [0.15, 0.2) is 66.7 Å². The number of carbonyl (C=O) groups is 2. The number of ether oxygens (including phenoxy) is 2. The third-order valence-electron chi connectivity index (χ3n) is 5.49. The van der Waals surface area contributed by atoms with Gasteiger partial charge in [0.25, 0.3) is 5.91 Å². The van der Waals surface area contributed by atoms with Crippen LogP contribution in [-0.4, -0.2) is 66.1 Å². The van der Waals surface area contributed by atoms with Crippen LogP contribution < -0.4 is 9.47 Å². The van der Waals surface area contributed by atoms with Crippen LogP contribution in [0, 0.1) is 0 Å². The van der Waals surface area contributed by atoms with Gasteiger partial charge < -0.3 is 24.4 Å². The van der Waals surface area contributed by atoms with Crippen molar-refractivity contribution in [3.63, 3.8) is 0 Å². The van der Waals surface area contributed by atoms with Gasteiger partial charge in [-0.25, -0.2) is 0 Å². The molecule has 0 radical (unpaired) electrons. The van der Waals surface area contributed by atoms with E-state index in [1.807, 2.05) is 42.5 Å². The minimum absolute atomic E-state index is 0.0216. The Morgan fingerprint density at radius 3 is 2.28 bits per heavy atom. The Morgan fingerprint density at radius 1 is 0.812 bits per heavy atom. The van der Waals surface area contributed by atoms with Crippen molar-refractivity contribution in [2.24, 2.45) is 0 Å². The standard InChI is InChI=1S/C25H26N2O5/c28-20-7-4-8-21(17-20)32-18-25(30)27-14-12-26(13-15-27)24(29)11-16-31-23-10-3-6-19-5-1-2-9-22(19)23/h1-10,17,28H,11-16,18H2. The topological polar surface area (TPSA) is 79.3 Å². The molecule has 0 atom stereocenters. The summed E-state index contributed by atoms with van der Waals surface area (Å²) in [5.74, 6) is 1.19. The third-order valence-corrected chi connectivity index (χ3v) is 5.49. The summed E-state index contributed by atoms with van der Waals surface area (Å²) in [5, 5.41) is 11.6. The molecule has 1 fully saturated rings. The predicted molar refractivity (Wildman–Crippen MR) is 121 cm³/mol. The van der Waals surface area contributed by atoms with E-state index in [-0.39, 0.29) is 30.6 Å². The average molecular weight is 434 g/mol. The summed E-state index contributed by atoms with van der Waals surface area (Å²) in [5.41, 5.74) is 0. The zero-order valence-electron chi connectivity index (χ0n) is 17.8. The van der Waals surface area contributed by atoms with E-state index in [4.69, 9.17) is 9.47 Å². The van der Waals surface area contributed by atoms with Crippen molar-refractivity contribution < 1.29 is 24.2 Å². The molecule has 0 aromatic heterocycles. The lowest BCUT2D eigenvalue weighted by Crippen LogP contribution is -2.51. The van der Waals surface area contributed by atoms with Crippen LogP contribution in [0.1, 0.15) is 6.42 Å². The molecule has 1 saturated heterocycles. The van der Waals surface area contributed by atoms with Gasteiger partial charge in [0.2, 0.25) is 5.91 Å². The van der Waals surface area contributed by atoms with Gasteiger partial charge in [0.1, 0.15) is 17.2 Å². The molecule has 166 valence electrons. The quantitative estimate of drug-likeness (QED) is 0.618. The number of fused-ring (bicyclic) bond motifs is 1. The molecule has 7 nitrogen and oxygen atoms in total. The highest BCUT2D eigenvalue weighted by molar-refractivity contribution is 5.88. The Kier molecular flexibility index (Phi) is 6.75. The molecule has 1 heterocycles. The number of piperazine rings is 1. The fraction of sp³-hybridized carbons (Fsp3) is 0.280. The van der Waals surface area contributed by atoms with Gasteiger partial charge in [-0.1, -0.05) is 42.5 Å². The maximum Gasteiger partial charge on any atom is 0.260 e.